The van der Waals surface area contributed by atoms with Gasteiger partial charge in [0.2, 0.25) is 5.91 Å². The minimum absolute atomic E-state index is 0.123. The molecule has 0 spiro atoms. The van der Waals surface area contributed by atoms with E-state index in [4.69, 9.17) is 0 Å². The summed E-state index contributed by atoms with van der Waals surface area (Å²) in [5.74, 6) is 1.37. The van der Waals surface area contributed by atoms with Crippen molar-refractivity contribution >= 4 is 11.7 Å². The molecule has 1 saturated carbocycles. The van der Waals surface area contributed by atoms with Crippen molar-refractivity contribution in [2.75, 3.05) is 11.9 Å². The van der Waals surface area contributed by atoms with Crippen molar-refractivity contribution in [2.24, 2.45) is 0 Å². The molecule has 1 aliphatic carbocycles. The first-order valence-electron chi connectivity index (χ1n) is 8.60. The highest BCUT2D eigenvalue weighted by atomic mass is 16.1. The minimum Gasteiger partial charge on any atom is -0.370 e. The molecule has 3 N–H and O–H groups in total. The molecule has 1 amide bonds. The van der Waals surface area contributed by atoms with E-state index in [0.717, 1.165) is 30.6 Å². The molecule has 7 heteroatoms. The molecule has 25 heavy (non-hydrogen) atoms. The summed E-state index contributed by atoms with van der Waals surface area (Å²) in [5, 5.41) is 6.17. The third-order valence-electron chi connectivity index (χ3n) is 4.26. The Hall–Kier alpha value is -2.70. The maximum atomic E-state index is 11.8. The quantitative estimate of drug-likeness (QED) is 0.668. The highest BCUT2D eigenvalue weighted by molar-refractivity contribution is 5.76. The fourth-order valence-electron chi connectivity index (χ4n) is 2.41. The van der Waals surface area contributed by atoms with Crippen LogP contribution in [0.3, 0.4) is 0 Å². The van der Waals surface area contributed by atoms with E-state index in [1.807, 2.05) is 19.1 Å². The second-order valence-electron chi connectivity index (χ2n) is 6.43. The second-order valence-corrected chi connectivity index (χ2v) is 6.43. The van der Waals surface area contributed by atoms with Gasteiger partial charge in [-0.25, -0.2) is 9.97 Å². The van der Waals surface area contributed by atoms with E-state index in [-0.39, 0.29) is 11.5 Å². The summed E-state index contributed by atoms with van der Waals surface area (Å²) in [7, 11) is 0. The molecule has 0 unspecified atom stereocenters. The van der Waals surface area contributed by atoms with E-state index in [9.17, 15) is 9.59 Å². The molecule has 1 aliphatic rings. The smallest absolute Gasteiger partial charge is 0.254 e. The Morgan fingerprint density at radius 2 is 2.12 bits per heavy atom. The van der Waals surface area contributed by atoms with E-state index < -0.39 is 0 Å². The minimum atomic E-state index is -0.130. The summed E-state index contributed by atoms with van der Waals surface area (Å²) in [4.78, 5) is 34.9. The summed E-state index contributed by atoms with van der Waals surface area (Å²) in [6.45, 7) is 4.25. The van der Waals surface area contributed by atoms with Crippen LogP contribution in [0.2, 0.25) is 0 Å². The first kappa shape index (κ1) is 17.1. The zero-order chi connectivity index (χ0) is 17.8. The lowest BCUT2D eigenvalue weighted by Gasteiger charge is -2.08. The number of H-pyrrole nitrogens is 1. The predicted molar refractivity (Wildman–Crippen MR) is 96.5 cm³/mol. The highest BCUT2D eigenvalue weighted by Gasteiger charge is 2.22. The summed E-state index contributed by atoms with van der Waals surface area (Å²) in [5.41, 5.74) is 1.97. The Morgan fingerprint density at radius 1 is 1.32 bits per heavy atom. The number of nitrogens with one attached hydrogen (secondary N) is 3. The largest absolute Gasteiger partial charge is 0.370 e. The summed E-state index contributed by atoms with van der Waals surface area (Å²) >= 11 is 0. The molecule has 0 aliphatic heterocycles. The van der Waals surface area contributed by atoms with Gasteiger partial charge in [-0.3, -0.25) is 9.59 Å². The van der Waals surface area contributed by atoms with E-state index in [2.05, 4.69) is 25.6 Å². The van der Waals surface area contributed by atoms with Gasteiger partial charge >= 0.3 is 0 Å². The Balaban J connectivity index is 1.51. The van der Waals surface area contributed by atoms with Gasteiger partial charge in [-0.05, 0) is 45.2 Å². The van der Waals surface area contributed by atoms with E-state index in [1.54, 1.807) is 13.1 Å². The van der Waals surface area contributed by atoms with Crippen molar-refractivity contribution in [1.29, 1.82) is 0 Å². The third kappa shape index (κ3) is 4.65. The van der Waals surface area contributed by atoms with Crippen LogP contribution in [0, 0.1) is 13.8 Å². The Morgan fingerprint density at radius 3 is 2.76 bits per heavy atom. The average molecular weight is 341 g/mol. The SMILES string of the molecule is Cc1nc(-c2ccc(NCCCC(=O)NC3CC3)nc2)[nH]c(=O)c1C. The van der Waals surface area contributed by atoms with Gasteiger partial charge in [0.05, 0.1) is 0 Å². The zero-order valence-corrected chi connectivity index (χ0v) is 14.6. The van der Waals surface area contributed by atoms with Crippen molar-refractivity contribution in [3.8, 4) is 11.4 Å². The molecule has 0 radical (unpaired) electrons. The van der Waals surface area contributed by atoms with Gasteiger partial charge in [0.15, 0.2) is 0 Å². The third-order valence-corrected chi connectivity index (χ3v) is 4.26. The molecule has 0 atom stereocenters. The zero-order valence-electron chi connectivity index (χ0n) is 14.6. The number of carbonyl (C=O) groups excluding carboxylic acids is 1. The lowest BCUT2D eigenvalue weighted by Crippen LogP contribution is -2.25. The van der Waals surface area contributed by atoms with Crippen molar-refractivity contribution < 1.29 is 4.79 Å². The first-order chi connectivity index (χ1) is 12.0. The van der Waals surface area contributed by atoms with Crippen LogP contribution in [0.25, 0.3) is 11.4 Å². The van der Waals surface area contributed by atoms with Crippen LogP contribution in [-0.2, 0) is 4.79 Å². The van der Waals surface area contributed by atoms with Gasteiger partial charge in [0.1, 0.15) is 11.6 Å². The molecule has 132 valence electrons. The van der Waals surface area contributed by atoms with E-state index in [1.165, 1.54) is 0 Å². The molecule has 2 aromatic heterocycles. The average Bonchev–Trinajstić information content (AvgIpc) is 3.40. The molecule has 7 nitrogen and oxygen atoms in total. The molecule has 3 rings (SSSR count). The van der Waals surface area contributed by atoms with Gasteiger partial charge < -0.3 is 15.6 Å². The Bertz CT molecular complexity index is 809. The highest BCUT2D eigenvalue weighted by Crippen LogP contribution is 2.19. The van der Waals surface area contributed by atoms with Crippen LogP contribution >= 0.6 is 0 Å². The predicted octanol–water partition coefficient (Wildman–Crippen LogP) is 1.92. The fourth-order valence-corrected chi connectivity index (χ4v) is 2.41. The Kier molecular flexibility index (Phi) is 5.11. The van der Waals surface area contributed by atoms with E-state index in [0.29, 0.717) is 36.1 Å². The number of nitrogens with zero attached hydrogens (tertiary/aromatic N) is 2. The Labute approximate surface area is 146 Å². The molecular formula is C18H23N5O2. The molecule has 0 saturated heterocycles. The van der Waals surface area contributed by atoms with Gasteiger partial charge in [0, 0.05) is 42.0 Å². The van der Waals surface area contributed by atoms with Crippen LogP contribution in [0.1, 0.15) is 36.9 Å². The number of rotatable bonds is 7. The van der Waals surface area contributed by atoms with Crippen LogP contribution in [-0.4, -0.2) is 33.4 Å². The van der Waals surface area contributed by atoms with Gasteiger partial charge in [-0.15, -0.1) is 0 Å². The van der Waals surface area contributed by atoms with Crippen LogP contribution in [0.15, 0.2) is 23.1 Å². The molecular weight excluding hydrogens is 318 g/mol. The molecule has 2 heterocycles. The molecule has 2 aromatic rings. The number of aryl methyl sites for hydroxylation is 1. The number of aromatic amines is 1. The van der Waals surface area contributed by atoms with Crippen molar-refractivity contribution in [2.45, 2.75) is 45.6 Å². The maximum Gasteiger partial charge on any atom is 0.254 e. The van der Waals surface area contributed by atoms with Gasteiger partial charge in [0.25, 0.3) is 5.56 Å². The van der Waals surface area contributed by atoms with E-state index >= 15 is 0 Å². The van der Waals surface area contributed by atoms with Crippen LogP contribution in [0.4, 0.5) is 5.82 Å². The number of pyridine rings is 1. The van der Waals surface area contributed by atoms with Gasteiger partial charge in [-0.1, -0.05) is 0 Å². The standard InChI is InChI=1S/C18H23N5O2/c1-11-12(2)21-17(23-18(11)25)13-5-8-15(20-10-13)19-9-3-4-16(24)22-14-6-7-14/h5,8,10,14H,3-4,6-7,9H2,1-2H3,(H,19,20)(H,22,24)(H,21,23,25). The lowest BCUT2D eigenvalue weighted by atomic mass is 10.2. The maximum absolute atomic E-state index is 11.8. The fraction of sp³-hybridized carbons (Fsp3) is 0.444. The first-order valence-corrected chi connectivity index (χ1v) is 8.60. The second kappa shape index (κ2) is 7.46. The summed E-state index contributed by atoms with van der Waals surface area (Å²) in [6.07, 6.45) is 5.18. The van der Waals surface area contributed by atoms with Crippen molar-refractivity contribution in [3.63, 3.8) is 0 Å². The number of hydrogen-bond donors (Lipinski definition) is 3. The molecule has 0 bridgehead atoms. The van der Waals surface area contributed by atoms with Crippen molar-refractivity contribution in [3.05, 3.63) is 39.9 Å². The number of amides is 1. The molecule has 1 fully saturated rings. The van der Waals surface area contributed by atoms with Crippen LogP contribution < -0.4 is 16.2 Å². The topological polar surface area (TPSA) is 99.8 Å². The number of hydrogen-bond acceptors (Lipinski definition) is 5. The lowest BCUT2D eigenvalue weighted by molar-refractivity contribution is -0.121. The summed E-state index contributed by atoms with van der Waals surface area (Å²) < 4.78 is 0. The normalized spacial score (nSPS) is 13.5. The molecule has 0 aromatic carbocycles. The number of aromatic nitrogens is 3. The van der Waals surface area contributed by atoms with Gasteiger partial charge in [-0.2, -0.15) is 0 Å². The summed E-state index contributed by atoms with van der Waals surface area (Å²) in [6, 6.07) is 4.12. The number of carbonyl (C=O) groups is 1. The van der Waals surface area contributed by atoms with Crippen LogP contribution in [0.5, 0.6) is 0 Å². The monoisotopic (exact) mass is 341 g/mol. The van der Waals surface area contributed by atoms with Crippen molar-refractivity contribution in [1.82, 2.24) is 20.3 Å². The number of anilines is 1.